The van der Waals surface area contributed by atoms with Gasteiger partial charge in [0.25, 0.3) is 0 Å². The zero-order chi connectivity index (χ0) is 13.0. The summed E-state index contributed by atoms with van der Waals surface area (Å²) in [6.45, 7) is 0.774. The highest BCUT2D eigenvalue weighted by molar-refractivity contribution is 9.10. The average molecular weight is 371 g/mol. The predicted molar refractivity (Wildman–Crippen MR) is 81.1 cm³/mol. The molecule has 2 aromatic rings. The van der Waals surface area contributed by atoms with Gasteiger partial charge in [-0.05, 0) is 37.4 Å². The maximum atomic E-state index is 5.92. The Morgan fingerprint density at radius 1 is 1.06 bits per heavy atom. The molecule has 18 heavy (non-hydrogen) atoms. The molecule has 0 saturated heterocycles. The summed E-state index contributed by atoms with van der Waals surface area (Å²) in [6, 6.07) is 13.9. The Morgan fingerprint density at radius 2 is 1.83 bits per heavy atom. The third-order valence-corrected chi connectivity index (χ3v) is 3.41. The summed E-state index contributed by atoms with van der Waals surface area (Å²) in [5.74, 6) is 1.68. The molecule has 0 aromatic heterocycles. The third-order valence-electron chi connectivity index (χ3n) is 2.42. The van der Waals surface area contributed by atoms with Crippen LogP contribution < -0.4 is 10.1 Å². The summed E-state index contributed by atoms with van der Waals surface area (Å²) in [7, 11) is 1.92. The first-order chi connectivity index (χ1) is 8.69. The number of hydrogen-bond acceptors (Lipinski definition) is 2. The van der Waals surface area contributed by atoms with E-state index in [9.17, 15) is 0 Å². The minimum atomic E-state index is 0.774. The van der Waals surface area contributed by atoms with Crippen molar-refractivity contribution in [2.75, 3.05) is 7.05 Å². The topological polar surface area (TPSA) is 21.3 Å². The summed E-state index contributed by atoms with van der Waals surface area (Å²) in [5, 5.41) is 3.14. The molecule has 0 aliphatic rings. The Bertz CT molecular complexity index is 543. The van der Waals surface area contributed by atoms with Gasteiger partial charge in [-0.3, -0.25) is 0 Å². The first kappa shape index (κ1) is 13.6. The first-order valence-corrected chi connectivity index (χ1v) is 7.14. The number of rotatable bonds is 4. The van der Waals surface area contributed by atoms with E-state index in [2.05, 4.69) is 37.2 Å². The van der Waals surface area contributed by atoms with Crippen molar-refractivity contribution in [3.63, 3.8) is 0 Å². The van der Waals surface area contributed by atoms with Gasteiger partial charge >= 0.3 is 0 Å². The Morgan fingerprint density at radius 3 is 2.56 bits per heavy atom. The number of nitrogens with one attached hydrogen (secondary N) is 1. The molecule has 0 aliphatic heterocycles. The Labute approximate surface area is 124 Å². The second kappa shape index (κ2) is 6.36. The van der Waals surface area contributed by atoms with Crippen LogP contribution in [0.2, 0.25) is 0 Å². The first-order valence-electron chi connectivity index (χ1n) is 5.55. The van der Waals surface area contributed by atoms with Crippen molar-refractivity contribution in [2.45, 2.75) is 6.54 Å². The van der Waals surface area contributed by atoms with E-state index in [1.165, 1.54) is 0 Å². The Kier molecular flexibility index (Phi) is 4.80. The number of halogens is 2. The van der Waals surface area contributed by atoms with Crippen LogP contribution in [-0.4, -0.2) is 7.05 Å². The van der Waals surface area contributed by atoms with Crippen LogP contribution in [-0.2, 0) is 6.54 Å². The summed E-state index contributed by atoms with van der Waals surface area (Å²) in [4.78, 5) is 0. The average Bonchev–Trinajstić information content (AvgIpc) is 2.33. The van der Waals surface area contributed by atoms with Crippen LogP contribution in [0.1, 0.15) is 5.56 Å². The molecule has 0 aliphatic carbocycles. The van der Waals surface area contributed by atoms with Gasteiger partial charge in [0, 0.05) is 21.1 Å². The van der Waals surface area contributed by atoms with Gasteiger partial charge in [-0.1, -0.05) is 44.0 Å². The van der Waals surface area contributed by atoms with Crippen LogP contribution >= 0.6 is 31.9 Å². The molecular formula is C14H13Br2NO. The smallest absolute Gasteiger partial charge is 0.133 e. The largest absolute Gasteiger partial charge is 0.457 e. The lowest BCUT2D eigenvalue weighted by atomic mass is 10.2. The highest BCUT2D eigenvalue weighted by Crippen LogP contribution is 2.29. The minimum absolute atomic E-state index is 0.774. The molecule has 0 saturated carbocycles. The molecule has 0 amide bonds. The van der Waals surface area contributed by atoms with Crippen molar-refractivity contribution in [1.29, 1.82) is 0 Å². The molecule has 0 atom stereocenters. The SMILES string of the molecule is CNCc1ccc(Br)cc1Oc1cccc(Br)c1. The fourth-order valence-electron chi connectivity index (χ4n) is 1.62. The van der Waals surface area contributed by atoms with Gasteiger partial charge in [0.05, 0.1) is 0 Å². The van der Waals surface area contributed by atoms with Crippen molar-refractivity contribution >= 4 is 31.9 Å². The van der Waals surface area contributed by atoms with E-state index in [1.807, 2.05) is 49.5 Å². The van der Waals surface area contributed by atoms with Crippen LogP contribution in [0.4, 0.5) is 0 Å². The van der Waals surface area contributed by atoms with Crippen LogP contribution in [0.5, 0.6) is 11.5 Å². The summed E-state index contributed by atoms with van der Waals surface area (Å²) in [5.41, 5.74) is 1.13. The van der Waals surface area contributed by atoms with Gasteiger partial charge in [0.15, 0.2) is 0 Å². The van der Waals surface area contributed by atoms with Crippen LogP contribution in [0.15, 0.2) is 51.4 Å². The van der Waals surface area contributed by atoms with Crippen molar-refractivity contribution in [3.8, 4) is 11.5 Å². The fraction of sp³-hybridized carbons (Fsp3) is 0.143. The lowest BCUT2D eigenvalue weighted by Crippen LogP contribution is -2.06. The molecule has 0 spiro atoms. The lowest BCUT2D eigenvalue weighted by molar-refractivity contribution is 0.473. The van der Waals surface area contributed by atoms with Crippen LogP contribution in [0, 0.1) is 0 Å². The fourth-order valence-corrected chi connectivity index (χ4v) is 2.34. The third kappa shape index (κ3) is 3.57. The van der Waals surface area contributed by atoms with E-state index >= 15 is 0 Å². The number of hydrogen-bond donors (Lipinski definition) is 1. The summed E-state index contributed by atoms with van der Waals surface area (Å²) in [6.07, 6.45) is 0. The van der Waals surface area contributed by atoms with E-state index in [0.29, 0.717) is 0 Å². The van der Waals surface area contributed by atoms with Gasteiger partial charge in [0.2, 0.25) is 0 Å². The molecule has 2 nitrogen and oxygen atoms in total. The second-order valence-corrected chi connectivity index (χ2v) is 5.67. The monoisotopic (exact) mass is 369 g/mol. The highest BCUT2D eigenvalue weighted by Gasteiger charge is 2.05. The summed E-state index contributed by atoms with van der Waals surface area (Å²) >= 11 is 6.90. The van der Waals surface area contributed by atoms with Crippen molar-refractivity contribution < 1.29 is 4.74 Å². The van der Waals surface area contributed by atoms with Crippen LogP contribution in [0.25, 0.3) is 0 Å². The van der Waals surface area contributed by atoms with Gasteiger partial charge < -0.3 is 10.1 Å². The zero-order valence-electron chi connectivity index (χ0n) is 9.91. The van der Waals surface area contributed by atoms with Crippen molar-refractivity contribution in [2.24, 2.45) is 0 Å². The number of benzene rings is 2. The molecule has 0 heterocycles. The van der Waals surface area contributed by atoms with Gasteiger partial charge in [-0.2, -0.15) is 0 Å². The molecule has 94 valence electrons. The molecule has 4 heteroatoms. The molecule has 0 bridgehead atoms. The Hall–Kier alpha value is -0.840. The second-order valence-electron chi connectivity index (χ2n) is 3.84. The van der Waals surface area contributed by atoms with Gasteiger partial charge in [0.1, 0.15) is 11.5 Å². The van der Waals surface area contributed by atoms with Gasteiger partial charge in [-0.25, -0.2) is 0 Å². The molecular weight excluding hydrogens is 358 g/mol. The molecule has 2 aromatic carbocycles. The maximum Gasteiger partial charge on any atom is 0.133 e. The van der Waals surface area contributed by atoms with Crippen LogP contribution in [0.3, 0.4) is 0 Å². The standard InChI is InChI=1S/C14H13Br2NO/c1-17-9-10-5-6-12(16)8-14(10)18-13-4-2-3-11(15)7-13/h2-8,17H,9H2,1H3. The predicted octanol–water partition coefficient (Wildman–Crippen LogP) is 4.72. The molecule has 0 fully saturated rings. The maximum absolute atomic E-state index is 5.92. The van der Waals surface area contributed by atoms with E-state index in [4.69, 9.17) is 4.74 Å². The van der Waals surface area contributed by atoms with Gasteiger partial charge in [-0.15, -0.1) is 0 Å². The molecule has 0 radical (unpaired) electrons. The zero-order valence-corrected chi connectivity index (χ0v) is 13.1. The van der Waals surface area contributed by atoms with E-state index in [-0.39, 0.29) is 0 Å². The van der Waals surface area contributed by atoms with Crippen molar-refractivity contribution in [1.82, 2.24) is 5.32 Å². The normalized spacial score (nSPS) is 10.4. The van der Waals surface area contributed by atoms with E-state index in [1.54, 1.807) is 0 Å². The molecule has 1 N–H and O–H groups in total. The minimum Gasteiger partial charge on any atom is -0.457 e. The molecule has 0 unspecified atom stereocenters. The molecule has 2 rings (SSSR count). The van der Waals surface area contributed by atoms with E-state index < -0.39 is 0 Å². The lowest BCUT2D eigenvalue weighted by Gasteiger charge is -2.11. The van der Waals surface area contributed by atoms with Crippen molar-refractivity contribution in [3.05, 3.63) is 57.0 Å². The van der Waals surface area contributed by atoms with E-state index in [0.717, 1.165) is 32.6 Å². The summed E-state index contributed by atoms with van der Waals surface area (Å²) < 4.78 is 7.94. The number of ether oxygens (including phenoxy) is 1. The highest BCUT2D eigenvalue weighted by atomic mass is 79.9. The quantitative estimate of drug-likeness (QED) is 0.840. The Balaban J connectivity index is 2.29.